The van der Waals surface area contributed by atoms with Crippen LogP contribution in [0.5, 0.6) is 0 Å². The standard InChI is InChI=1S/C17H26N4O/c1-12(2)21-11-19-14-10-13(6-7-15(14)21)8-9-18-16(22)20-17(3,4)5/h6-7,10-12H,8-9H2,1-5H3,(H2,18,20,22). The molecule has 0 atom stereocenters. The Hall–Kier alpha value is -2.04. The van der Waals surface area contributed by atoms with Crippen LogP contribution in [0.3, 0.4) is 0 Å². The van der Waals surface area contributed by atoms with E-state index in [0.717, 1.165) is 17.5 Å². The van der Waals surface area contributed by atoms with Gasteiger partial charge in [-0.15, -0.1) is 0 Å². The number of aromatic nitrogens is 2. The van der Waals surface area contributed by atoms with Crippen molar-refractivity contribution in [3.63, 3.8) is 0 Å². The van der Waals surface area contributed by atoms with Crippen LogP contribution >= 0.6 is 0 Å². The van der Waals surface area contributed by atoms with E-state index in [1.807, 2.05) is 27.1 Å². The summed E-state index contributed by atoms with van der Waals surface area (Å²) in [6.45, 7) is 10.8. The maximum atomic E-state index is 11.7. The summed E-state index contributed by atoms with van der Waals surface area (Å²) in [6, 6.07) is 6.58. The van der Waals surface area contributed by atoms with Crippen LogP contribution < -0.4 is 10.6 Å². The number of amides is 2. The third-order valence-corrected chi connectivity index (χ3v) is 3.38. The van der Waals surface area contributed by atoms with E-state index in [0.29, 0.717) is 12.6 Å². The molecule has 5 heteroatoms. The van der Waals surface area contributed by atoms with Crippen LogP contribution in [-0.4, -0.2) is 27.7 Å². The Labute approximate surface area is 132 Å². The van der Waals surface area contributed by atoms with Crippen molar-refractivity contribution in [3.8, 4) is 0 Å². The van der Waals surface area contributed by atoms with Crippen molar-refractivity contribution in [1.82, 2.24) is 20.2 Å². The van der Waals surface area contributed by atoms with E-state index in [-0.39, 0.29) is 11.6 Å². The molecular weight excluding hydrogens is 276 g/mol. The first kappa shape index (κ1) is 16.3. The third-order valence-electron chi connectivity index (χ3n) is 3.38. The number of fused-ring (bicyclic) bond motifs is 1. The van der Waals surface area contributed by atoms with Crippen LogP contribution in [0.15, 0.2) is 24.5 Å². The molecule has 2 amide bonds. The zero-order valence-corrected chi connectivity index (χ0v) is 14.1. The van der Waals surface area contributed by atoms with E-state index in [2.05, 4.69) is 52.2 Å². The van der Waals surface area contributed by atoms with Gasteiger partial charge in [-0.2, -0.15) is 0 Å². The minimum atomic E-state index is -0.216. The number of rotatable bonds is 4. The summed E-state index contributed by atoms with van der Waals surface area (Å²) in [4.78, 5) is 16.2. The van der Waals surface area contributed by atoms with E-state index >= 15 is 0 Å². The summed E-state index contributed by atoms with van der Waals surface area (Å²) in [5.41, 5.74) is 3.12. The largest absolute Gasteiger partial charge is 0.338 e. The van der Waals surface area contributed by atoms with Gasteiger partial charge in [-0.3, -0.25) is 0 Å². The van der Waals surface area contributed by atoms with E-state index in [4.69, 9.17) is 0 Å². The molecule has 0 radical (unpaired) electrons. The number of carbonyl (C=O) groups excluding carboxylic acids is 1. The van der Waals surface area contributed by atoms with Crippen LogP contribution in [0.2, 0.25) is 0 Å². The molecule has 0 aliphatic rings. The molecular formula is C17H26N4O. The molecule has 1 aromatic heterocycles. The molecule has 0 aliphatic heterocycles. The maximum Gasteiger partial charge on any atom is 0.315 e. The second kappa shape index (κ2) is 6.38. The number of urea groups is 1. The SMILES string of the molecule is CC(C)n1cnc2cc(CCNC(=O)NC(C)(C)C)ccc21. The van der Waals surface area contributed by atoms with Crippen molar-refractivity contribution < 1.29 is 4.79 Å². The van der Waals surface area contributed by atoms with Crippen LogP contribution in [0.25, 0.3) is 11.0 Å². The van der Waals surface area contributed by atoms with Crippen molar-refractivity contribution in [2.75, 3.05) is 6.54 Å². The fourth-order valence-corrected chi connectivity index (χ4v) is 2.35. The van der Waals surface area contributed by atoms with E-state index in [1.165, 1.54) is 5.56 Å². The highest BCUT2D eigenvalue weighted by atomic mass is 16.2. The number of hydrogen-bond donors (Lipinski definition) is 2. The highest BCUT2D eigenvalue weighted by Gasteiger charge is 2.13. The van der Waals surface area contributed by atoms with Crippen molar-refractivity contribution in [2.24, 2.45) is 0 Å². The van der Waals surface area contributed by atoms with Crippen molar-refractivity contribution in [3.05, 3.63) is 30.1 Å². The Kier molecular flexibility index (Phi) is 4.74. The molecule has 2 N–H and O–H groups in total. The van der Waals surface area contributed by atoms with Crippen LogP contribution in [-0.2, 0) is 6.42 Å². The molecule has 1 aromatic carbocycles. The van der Waals surface area contributed by atoms with Gasteiger partial charge in [-0.05, 0) is 58.7 Å². The summed E-state index contributed by atoms with van der Waals surface area (Å²) in [7, 11) is 0. The molecule has 5 nitrogen and oxygen atoms in total. The first-order chi connectivity index (χ1) is 10.3. The highest BCUT2D eigenvalue weighted by molar-refractivity contribution is 5.76. The Balaban J connectivity index is 1.94. The summed E-state index contributed by atoms with van der Waals surface area (Å²) in [5, 5.41) is 5.77. The Morgan fingerprint density at radius 2 is 2.05 bits per heavy atom. The number of nitrogens with zero attached hydrogens (tertiary/aromatic N) is 2. The molecule has 0 saturated carbocycles. The number of imidazole rings is 1. The van der Waals surface area contributed by atoms with E-state index in [9.17, 15) is 4.79 Å². The molecule has 2 aromatic rings. The Morgan fingerprint density at radius 3 is 2.68 bits per heavy atom. The van der Waals surface area contributed by atoms with Crippen molar-refractivity contribution in [2.45, 2.75) is 52.6 Å². The zero-order valence-electron chi connectivity index (χ0n) is 14.1. The predicted octanol–water partition coefficient (Wildman–Crippen LogP) is 3.26. The molecule has 0 aliphatic carbocycles. The second-order valence-corrected chi connectivity index (χ2v) is 6.95. The molecule has 0 unspecified atom stereocenters. The quantitative estimate of drug-likeness (QED) is 0.910. The van der Waals surface area contributed by atoms with Gasteiger partial charge in [0.15, 0.2) is 0 Å². The van der Waals surface area contributed by atoms with Crippen molar-refractivity contribution >= 4 is 17.1 Å². The van der Waals surface area contributed by atoms with E-state index < -0.39 is 0 Å². The summed E-state index contributed by atoms with van der Waals surface area (Å²) in [6.07, 6.45) is 2.68. The molecule has 0 fully saturated rings. The second-order valence-electron chi connectivity index (χ2n) is 6.95. The lowest BCUT2D eigenvalue weighted by Crippen LogP contribution is -2.46. The summed E-state index contributed by atoms with van der Waals surface area (Å²) in [5.74, 6) is 0. The van der Waals surface area contributed by atoms with Gasteiger partial charge in [0.2, 0.25) is 0 Å². The van der Waals surface area contributed by atoms with Gasteiger partial charge in [0.05, 0.1) is 17.4 Å². The normalized spacial score (nSPS) is 11.9. The van der Waals surface area contributed by atoms with Gasteiger partial charge in [0, 0.05) is 18.1 Å². The minimum Gasteiger partial charge on any atom is -0.338 e. The van der Waals surface area contributed by atoms with E-state index in [1.54, 1.807) is 0 Å². The molecule has 2 rings (SSSR count). The first-order valence-corrected chi connectivity index (χ1v) is 7.78. The van der Waals surface area contributed by atoms with Gasteiger partial charge in [-0.1, -0.05) is 6.07 Å². The van der Waals surface area contributed by atoms with Crippen LogP contribution in [0.1, 0.15) is 46.2 Å². The van der Waals surface area contributed by atoms with Crippen molar-refractivity contribution in [1.29, 1.82) is 0 Å². The zero-order chi connectivity index (χ0) is 16.3. The first-order valence-electron chi connectivity index (χ1n) is 7.78. The number of carbonyl (C=O) groups is 1. The van der Waals surface area contributed by atoms with Crippen LogP contribution in [0.4, 0.5) is 4.79 Å². The Morgan fingerprint density at radius 1 is 1.32 bits per heavy atom. The fourth-order valence-electron chi connectivity index (χ4n) is 2.35. The number of nitrogens with one attached hydrogen (secondary N) is 2. The number of hydrogen-bond acceptors (Lipinski definition) is 2. The lowest BCUT2D eigenvalue weighted by Gasteiger charge is -2.20. The minimum absolute atomic E-state index is 0.127. The average Bonchev–Trinajstić information content (AvgIpc) is 2.79. The topological polar surface area (TPSA) is 59.0 Å². The van der Waals surface area contributed by atoms with Gasteiger partial charge in [0.1, 0.15) is 0 Å². The fraction of sp³-hybridized carbons (Fsp3) is 0.529. The van der Waals surface area contributed by atoms with Gasteiger partial charge < -0.3 is 15.2 Å². The van der Waals surface area contributed by atoms with Gasteiger partial charge in [0.25, 0.3) is 0 Å². The smallest absolute Gasteiger partial charge is 0.315 e. The molecule has 0 saturated heterocycles. The predicted molar refractivity (Wildman–Crippen MR) is 90.1 cm³/mol. The molecule has 1 heterocycles. The maximum absolute atomic E-state index is 11.7. The van der Waals surface area contributed by atoms with Crippen LogP contribution in [0, 0.1) is 0 Å². The molecule has 120 valence electrons. The van der Waals surface area contributed by atoms with Gasteiger partial charge in [-0.25, -0.2) is 9.78 Å². The molecule has 0 spiro atoms. The summed E-state index contributed by atoms with van der Waals surface area (Å²) < 4.78 is 2.16. The average molecular weight is 302 g/mol. The summed E-state index contributed by atoms with van der Waals surface area (Å²) >= 11 is 0. The Bertz CT molecular complexity index is 652. The van der Waals surface area contributed by atoms with Gasteiger partial charge >= 0.3 is 6.03 Å². The third kappa shape index (κ3) is 4.23. The molecule has 0 bridgehead atoms. The lowest BCUT2D eigenvalue weighted by molar-refractivity contribution is 0.232. The number of benzene rings is 1. The monoisotopic (exact) mass is 302 g/mol. The lowest BCUT2D eigenvalue weighted by atomic mass is 10.1. The molecule has 22 heavy (non-hydrogen) atoms. The highest BCUT2D eigenvalue weighted by Crippen LogP contribution is 2.18.